The van der Waals surface area contributed by atoms with Crippen molar-refractivity contribution in [2.24, 2.45) is 5.92 Å². The number of halogens is 1. The highest BCUT2D eigenvalue weighted by atomic mass is 35.5. The molecule has 0 aliphatic rings. The molecule has 0 aliphatic heterocycles. The molecule has 0 saturated carbocycles. The fraction of sp³-hybridized carbons (Fsp3) is 0.294. The third kappa shape index (κ3) is 4.38. The number of aliphatic hydroxyl groups excluding tert-OH is 1. The fourth-order valence-electron chi connectivity index (χ4n) is 2.37. The average Bonchev–Trinajstić information content (AvgIpc) is 2.38. The van der Waals surface area contributed by atoms with Crippen molar-refractivity contribution in [1.82, 2.24) is 0 Å². The van der Waals surface area contributed by atoms with E-state index in [-0.39, 0.29) is 12.5 Å². The van der Waals surface area contributed by atoms with Crippen molar-refractivity contribution < 1.29 is 5.11 Å². The summed E-state index contributed by atoms with van der Waals surface area (Å²) >= 11 is 5.99. The number of aryl methyl sites for hydroxylation is 1. The van der Waals surface area contributed by atoms with Crippen LogP contribution in [0.4, 0.5) is 0 Å². The first-order valence-corrected chi connectivity index (χ1v) is 6.96. The van der Waals surface area contributed by atoms with Crippen LogP contribution in [-0.2, 0) is 12.8 Å². The van der Waals surface area contributed by atoms with Crippen LogP contribution in [0.15, 0.2) is 48.5 Å². The molecule has 0 bridgehead atoms. The van der Waals surface area contributed by atoms with Gasteiger partial charge in [0.15, 0.2) is 0 Å². The largest absolute Gasteiger partial charge is 0.396 e. The molecular formula is C17H19ClO. The van der Waals surface area contributed by atoms with E-state index in [1.54, 1.807) is 0 Å². The molecule has 1 N–H and O–H groups in total. The Labute approximate surface area is 119 Å². The number of hydrogen-bond donors (Lipinski definition) is 1. The van der Waals surface area contributed by atoms with Crippen molar-refractivity contribution in [1.29, 1.82) is 0 Å². The zero-order valence-corrected chi connectivity index (χ0v) is 11.9. The third-order valence-electron chi connectivity index (χ3n) is 3.28. The Morgan fingerprint density at radius 1 is 1.00 bits per heavy atom. The molecule has 2 heteroatoms. The van der Waals surface area contributed by atoms with Crippen molar-refractivity contribution in [2.45, 2.75) is 19.8 Å². The molecule has 19 heavy (non-hydrogen) atoms. The summed E-state index contributed by atoms with van der Waals surface area (Å²) in [7, 11) is 0. The highest BCUT2D eigenvalue weighted by Crippen LogP contribution is 2.18. The Bertz CT molecular complexity index is 489. The van der Waals surface area contributed by atoms with Gasteiger partial charge in [-0.2, -0.15) is 0 Å². The standard InChI is InChI=1S/C17H19ClO/c1-13-4-2-5-14(8-13)9-16(12-19)10-15-6-3-7-17(18)11-15/h2-8,11,16,19H,9-10,12H2,1H3. The van der Waals surface area contributed by atoms with Crippen molar-refractivity contribution in [3.05, 3.63) is 70.2 Å². The average molecular weight is 275 g/mol. The molecule has 0 amide bonds. The second-order valence-electron chi connectivity index (χ2n) is 5.08. The van der Waals surface area contributed by atoms with E-state index in [1.807, 2.05) is 18.2 Å². The minimum absolute atomic E-state index is 0.195. The molecule has 1 nitrogen and oxygen atoms in total. The highest BCUT2D eigenvalue weighted by molar-refractivity contribution is 6.30. The highest BCUT2D eigenvalue weighted by Gasteiger charge is 2.10. The van der Waals surface area contributed by atoms with Gasteiger partial charge in [0, 0.05) is 11.6 Å². The first-order valence-electron chi connectivity index (χ1n) is 6.58. The lowest BCUT2D eigenvalue weighted by atomic mass is 9.93. The maximum atomic E-state index is 9.55. The third-order valence-corrected chi connectivity index (χ3v) is 3.51. The molecule has 0 aromatic heterocycles. The predicted molar refractivity (Wildman–Crippen MR) is 80.6 cm³/mol. The van der Waals surface area contributed by atoms with E-state index in [1.165, 1.54) is 16.7 Å². The summed E-state index contributed by atoms with van der Waals surface area (Å²) in [4.78, 5) is 0. The van der Waals surface area contributed by atoms with Crippen LogP contribution >= 0.6 is 11.6 Å². The zero-order valence-electron chi connectivity index (χ0n) is 11.1. The van der Waals surface area contributed by atoms with Crippen molar-refractivity contribution in [2.75, 3.05) is 6.61 Å². The molecule has 0 spiro atoms. The SMILES string of the molecule is Cc1cccc(CC(CO)Cc2cccc(Cl)c2)c1. The summed E-state index contributed by atoms with van der Waals surface area (Å²) in [5.74, 6) is 0.236. The topological polar surface area (TPSA) is 20.2 Å². The second-order valence-corrected chi connectivity index (χ2v) is 5.51. The first-order chi connectivity index (χ1) is 9.17. The molecule has 2 aromatic carbocycles. The number of benzene rings is 2. The van der Waals surface area contributed by atoms with E-state index >= 15 is 0 Å². The van der Waals surface area contributed by atoms with Gasteiger partial charge in [0.05, 0.1) is 0 Å². The van der Waals surface area contributed by atoms with Gasteiger partial charge in [-0.3, -0.25) is 0 Å². The summed E-state index contributed by atoms with van der Waals surface area (Å²) in [6.45, 7) is 2.29. The first kappa shape index (κ1) is 14.1. The molecule has 100 valence electrons. The summed E-state index contributed by atoms with van der Waals surface area (Å²) < 4.78 is 0. The lowest BCUT2D eigenvalue weighted by Gasteiger charge is -2.15. The molecule has 0 fully saturated rings. The van der Waals surface area contributed by atoms with Gasteiger partial charge in [0.1, 0.15) is 0 Å². The minimum Gasteiger partial charge on any atom is -0.396 e. The predicted octanol–water partition coefficient (Wildman–Crippen LogP) is 4.04. The molecule has 1 unspecified atom stereocenters. The van der Waals surface area contributed by atoms with Gasteiger partial charge in [-0.15, -0.1) is 0 Å². The zero-order chi connectivity index (χ0) is 13.7. The molecule has 0 aliphatic carbocycles. The number of rotatable bonds is 5. The van der Waals surface area contributed by atoms with Gasteiger partial charge in [0.2, 0.25) is 0 Å². The van der Waals surface area contributed by atoms with Crippen LogP contribution in [0, 0.1) is 12.8 Å². The van der Waals surface area contributed by atoms with Crippen LogP contribution in [0.2, 0.25) is 5.02 Å². The van der Waals surface area contributed by atoms with E-state index in [2.05, 4.69) is 37.3 Å². The Kier molecular flexibility index (Phi) is 5.00. The quantitative estimate of drug-likeness (QED) is 0.872. The molecular weight excluding hydrogens is 256 g/mol. The van der Waals surface area contributed by atoms with E-state index in [9.17, 15) is 5.11 Å². The Balaban J connectivity index is 2.04. The van der Waals surface area contributed by atoms with Gasteiger partial charge in [-0.1, -0.05) is 53.6 Å². The Morgan fingerprint density at radius 2 is 1.63 bits per heavy atom. The molecule has 1 atom stereocenters. The van der Waals surface area contributed by atoms with Gasteiger partial charge >= 0.3 is 0 Å². The van der Waals surface area contributed by atoms with Crippen LogP contribution < -0.4 is 0 Å². The molecule has 2 aromatic rings. The van der Waals surface area contributed by atoms with Crippen LogP contribution in [0.5, 0.6) is 0 Å². The van der Waals surface area contributed by atoms with Gasteiger partial charge in [-0.05, 0) is 48.9 Å². The fourth-order valence-corrected chi connectivity index (χ4v) is 2.58. The number of aliphatic hydroxyl groups is 1. The molecule has 0 saturated heterocycles. The van der Waals surface area contributed by atoms with E-state index in [0.29, 0.717) is 0 Å². The van der Waals surface area contributed by atoms with Crippen molar-refractivity contribution in [3.8, 4) is 0 Å². The van der Waals surface area contributed by atoms with Crippen LogP contribution in [0.3, 0.4) is 0 Å². The van der Waals surface area contributed by atoms with E-state index in [0.717, 1.165) is 17.9 Å². The summed E-state index contributed by atoms with van der Waals surface area (Å²) in [6.07, 6.45) is 1.75. The number of hydrogen-bond acceptors (Lipinski definition) is 1. The van der Waals surface area contributed by atoms with E-state index in [4.69, 9.17) is 11.6 Å². The summed E-state index contributed by atoms with van der Waals surface area (Å²) in [5, 5.41) is 10.3. The minimum atomic E-state index is 0.195. The van der Waals surface area contributed by atoms with Gasteiger partial charge < -0.3 is 5.11 Å². The Hall–Kier alpha value is -1.31. The maximum absolute atomic E-state index is 9.55. The lowest BCUT2D eigenvalue weighted by Crippen LogP contribution is -2.13. The van der Waals surface area contributed by atoms with Crippen molar-refractivity contribution in [3.63, 3.8) is 0 Å². The molecule has 0 radical (unpaired) electrons. The lowest BCUT2D eigenvalue weighted by molar-refractivity contribution is 0.225. The smallest absolute Gasteiger partial charge is 0.0465 e. The van der Waals surface area contributed by atoms with Crippen LogP contribution in [-0.4, -0.2) is 11.7 Å². The van der Waals surface area contributed by atoms with E-state index < -0.39 is 0 Å². The maximum Gasteiger partial charge on any atom is 0.0465 e. The second kappa shape index (κ2) is 6.74. The van der Waals surface area contributed by atoms with Crippen molar-refractivity contribution >= 4 is 11.6 Å². The van der Waals surface area contributed by atoms with Gasteiger partial charge in [-0.25, -0.2) is 0 Å². The summed E-state index contributed by atoms with van der Waals surface area (Å²) in [6, 6.07) is 16.3. The molecule has 2 rings (SSSR count). The summed E-state index contributed by atoms with van der Waals surface area (Å²) in [5.41, 5.74) is 3.72. The normalized spacial score (nSPS) is 12.4. The van der Waals surface area contributed by atoms with Crippen LogP contribution in [0.25, 0.3) is 0 Å². The van der Waals surface area contributed by atoms with Crippen LogP contribution in [0.1, 0.15) is 16.7 Å². The monoisotopic (exact) mass is 274 g/mol. The van der Waals surface area contributed by atoms with Gasteiger partial charge in [0.25, 0.3) is 0 Å². The Morgan fingerprint density at radius 3 is 2.21 bits per heavy atom. The molecule has 0 heterocycles.